The largest absolute Gasteiger partial charge is 0.478 e. The van der Waals surface area contributed by atoms with Gasteiger partial charge >= 0.3 is 5.97 Å². The van der Waals surface area contributed by atoms with Gasteiger partial charge in [0.25, 0.3) is 0 Å². The summed E-state index contributed by atoms with van der Waals surface area (Å²) >= 11 is 1.70. The first kappa shape index (κ1) is 12.1. The summed E-state index contributed by atoms with van der Waals surface area (Å²) in [5.41, 5.74) is 0.0454. The molecule has 1 rings (SSSR count). The molecule has 0 spiro atoms. The van der Waals surface area contributed by atoms with E-state index in [9.17, 15) is 9.90 Å². The van der Waals surface area contributed by atoms with Crippen LogP contribution in [-0.4, -0.2) is 27.7 Å². The molecule has 0 aliphatic heterocycles. The number of aromatic carboxylic acids is 1. The Labute approximate surface area is 92.3 Å². The fourth-order valence-corrected chi connectivity index (χ4v) is 1.90. The number of thioether (sulfide) groups is 1. The molecule has 0 aliphatic rings. The van der Waals surface area contributed by atoms with Crippen molar-refractivity contribution in [3.05, 3.63) is 23.7 Å². The molecule has 0 saturated heterocycles. The van der Waals surface area contributed by atoms with Gasteiger partial charge in [0.2, 0.25) is 0 Å². The third-order valence-electron chi connectivity index (χ3n) is 1.97. The van der Waals surface area contributed by atoms with E-state index >= 15 is 0 Å². The van der Waals surface area contributed by atoms with Crippen LogP contribution >= 0.6 is 11.8 Å². The van der Waals surface area contributed by atoms with Crippen LogP contribution in [-0.2, 0) is 0 Å². The summed E-state index contributed by atoms with van der Waals surface area (Å²) in [6.45, 7) is 2.03. The zero-order valence-corrected chi connectivity index (χ0v) is 9.29. The quantitative estimate of drug-likeness (QED) is 0.733. The second kappa shape index (κ2) is 5.82. The van der Waals surface area contributed by atoms with E-state index in [1.807, 2.05) is 6.92 Å². The van der Waals surface area contributed by atoms with Gasteiger partial charge in [-0.3, -0.25) is 0 Å². The Morgan fingerprint density at radius 1 is 1.67 bits per heavy atom. The number of aliphatic hydroxyl groups excluding tert-OH is 1. The summed E-state index contributed by atoms with van der Waals surface area (Å²) < 4.78 is 4.98. The molecule has 1 unspecified atom stereocenters. The fraction of sp³-hybridized carbons (Fsp3) is 0.500. The fourth-order valence-electron chi connectivity index (χ4n) is 1.23. The third kappa shape index (κ3) is 3.28. The smallest absolute Gasteiger partial charge is 0.339 e. The van der Waals surface area contributed by atoms with E-state index in [-0.39, 0.29) is 11.3 Å². The van der Waals surface area contributed by atoms with Crippen LogP contribution in [0.15, 0.2) is 16.7 Å². The van der Waals surface area contributed by atoms with Crippen LogP contribution in [0, 0.1) is 0 Å². The molecule has 0 saturated carbocycles. The topological polar surface area (TPSA) is 70.7 Å². The molecule has 1 aromatic rings. The van der Waals surface area contributed by atoms with Gasteiger partial charge in [-0.05, 0) is 24.0 Å². The number of furan rings is 1. The molecule has 1 heterocycles. The molecule has 84 valence electrons. The lowest BCUT2D eigenvalue weighted by atomic mass is 10.1. The molecule has 0 fully saturated rings. The summed E-state index contributed by atoms with van der Waals surface area (Å²) in [5, 5.41) is 18.5. The summed E-state index contributed by atoms with van der Waals surface area (Å²) in [4.78, 5) is 10.7. The van der Waals surface area contributed by atoms with Crippen molar-refractivity contribution >= 4 is 17.7 Å². The highest BCUT2D eigenvalue weighted by Gasteiger charge is 2.20. The SMILES string of the molecule is CCSCCC(O)c1occc1C(=O)O. The van der Waals surface area contributed by atoms with Crippen LogP contribution < -0.4 is 0 Å². The first-order valence-corrected chi connectivity index (χ1v) is 5.88. The van der Waals surface area contributed by atoms with Crippen molar-refractivity contribution < 1.29 is 19.4 Å². The zero-order valence-electron chi connectivity index (χ0n) is 8.47. The second-order valence-corrected chi connectivity index (χ2v) is 4.40. The Balaban J connectivity index is 2.60. The van der Waals surface area contributed by atoms with E-state index in [1.165, 1.54) is 12.3 Å². The Kier molecular flexibility index (Phi) is 4.71. The van der Waals surface area contributed by atoms with E-state index in [2.05, 4.69) is 0 Å². The van der Waals surface area contributed by atoms with Crippen LogP contribution in [0.4, 0.5) is 0 Å². The van der Waals surface area contributed by atoms with Crippen molar-refractivity contribution in [3.63, 3.8) is 0 Å². The van der Waals surface area contributed by atoms with Gasteiger partial charge < -0.3 is 14.6 Å². The molecule has 0 amide bonds. The maximum atomic E-state index is 10.7. The van der Waals surface area contributed by atoms with Gasteiger partial charge in [-0.25, -0.2) is 4.79 Å². The lowest BCUT2D eigenvalue weighted by Crippen LogP contribution is -2.05. The molecule has 0 aliphatic carbocycles. The van der Waals surface area contributed by atoms with E-state index < -0.39 is 12.1 Å². The molecule has 0 aromatic carbocycles. The number of rotatable bonds is 6. The van der Waals surface area contributed by atoms with Crippen molar-refractivity contribution in [2.24, 2.45) is 0 Å². The standard InChI is InChI=1S/C10H14O4S/c1-2-15-6-4-8(11)9-7(10(12)13)3-5-14-9/h3,5,8,11H,2,4,6H2,1H3,(H,12,13). The van der Waals surface area contributed by atoms with E-state index in [1.54, 1.807) is 11.8 Å². The molecule has 15 heavy (non-hydrogen) atoms. The van der Waals surface area contributed by atoms with Gasteiger partial charge in [0.15, 0.2) is 0 Å². The number of carboxylic acids is 1. The van der Waals surface area contributed by atoms with Crippen molar-refractivity contribution in [1.82, 2.24) is 0 Å². The van der Waals surface area contributed by atoms with Crippen LogP contribution in [0.1, 0.15) is 35.6 Å². The monoisotopic (exact) mass is 230 g/mol. The number of hydrogen-bond donors (Lipinski definition) is 2. The first-order valence-electron chi connectivity index (χ1n) is 4.73. The molecule has 0 bridgehead atoms. The number of hydrogen-bond acceptors (Lipinski definition) is 4. The lowest BCUT2D eigenvalue weighted by molar-refractivity contribution is 0.0682. The first-order chi connectivity index (χ1) is 7.16. The van der Waals surface area contributed by atoms with Crippen molar-refractivity contribution in [2.45, 2.75) is 19.4 Å². The Hall–Kier alpha value is -0.940. The van der Waals surface area contributed by atoms with E-state index in [4.69, 9.17) is 9.52 Å². The maximum Gasteiger partial charge on any atom is 0.339 e. The van der Waals surface area contributed by atoms with Crippen LogP contribution in [0.25, 0.3) is 0 Å². The minimum atomic E-state index is -1.07. The van der Waals surface area contributed by atoms with Gasteiger partial charge in [-0.15, -0.1) is 0 Å². The van der Waals surface area contributed by atoms with Gasteiger partial charge in [0, 0.05) is 0 Å². The highest BCUT2D eigenvalue weighted by Crippen LogP contribution is 2.23. The number of carbonyl (C=O) groups is 1. The molecule has 4 nitrogen and oxygen atoms in total. The van der Waals surface area contributed by atoms with Gasteiger partial charge in [-0.2, -0.15) is 11.8 Å². The number of aliphatic hydroxyl groups is 1. The highest BCUT2D eigenvalue weighted by molar-refractivity contribution is 7.99. The summed E-state index contributed by atoms with van der Waals surface area (Å²) in [6.07, 6.45) is 0.964. The highest BCUT2D eigenvalue weighted by atomic mass is 32.2. The molecule has 5 heteroatoms. The van der Waals surface area contributed by atoms with Crippen molar-refractivity contribution in [3.8, 4) is 0 Å². The van der Waals surface area contributed by atoms with Gasteiger partial charge in [0.05, 0.1) is 6.26 Å². The minimum absolute atomic E-state index is 0.0454. The Morgan fingerprint density at radius 2 is 2.40 bits per heavy atom. The zero-order chi connectivity index (χ0) is 11.3. The molecular weight excluding hydrogens is 216 g/mol. The molecule has 1 atom stereocenters. The van der Waals surface area contributed by atoms with Gasteiger partial charge in [0.1, 0.15) is 17.4 Å². The normalized spacial score (nSPS) is 12.7. The molecule has 0 radical (unpaired) electrons. The average Bonchev–Trinajstić information content (AvgIpc) is 2.66. The third-order valence-corrected chi connectivity index (χ3v) is 2.90. The summed E-state index contributed by atoms with van der Waals surface area (Å²) in [6, 6.07) is 1.36. The second-order valence-electron chi connectivity index (χ2n) is 3.01. The van der Waals surface area contributed by atoms with E-state index in [0.29, 0.717) is 6.42 Å². The summed E-state index contributed by atoms with van der Waals surface area (Å²) in [7, 11) is 0. The lowest BCUT2D eigenvalue weighted by Gasteiger charge is -2.07. The Morgan fingerprint density at radius 3 is 3.00 bits per heavy atom. The van der Waals surface area contributed by atoms with Crippen LogP contribution in [0.3, 0.4) is 0 Å². The molecule has 2 N–H and O–H groups in total. The van der Waals surface area contributed by atoms with Crippen molar-refractivity contribution in [1.29, 1.82) is 0 Å². The van der Waals surface area contributed by atoms with Gasteiger partial charge in [-0.1, -0.05) is 6.92 Å². The molecule has 1 aromatic heterocycles. The maximum absolute atomic E-state index is 10.7. The van der Waals surface area contributed by atoms with Crippen molar-refractivity contribution in [2.75, 3.05) is 11.5 Å². The predicted octanol–water partition coefficient (Wildman–Crippen LogP) is 2.15. The summed E-state index contributed by atoms with van der Waals surface area (Å²) in [5.74, 6) is 0.855. The predicted molar refractivity (Wildman–Crippen MR) is 58.2 cm³/mol. The average molecular weight is 230 g/mol. The minimum Gasteiger partial charge on any atom is -0.478 e. The Bertz CT molecular complexity index is 321. The van der Waals surface area contributed by atoms with Crippen LogP contribution in [0.5, 0.6) is 0 Å². The van der Waals surface area contributed by atoms with Crippen LogP contribution in [0.2, 0.25) is 0 Å². The van der Waals surface area contributed by atoms with E-state index in [0.717, 1.165) is 11.5 Å². The number of carboxylic acid groups (broad SMARTS) is 1. The molecular formula is C10H14O4S.